The monoisotopic (exact) mass is 350 g/mol. The fourth-order valence-corrected chi connectivity index (χ4v) is 3.76. The van der Waals surface area contributed by atoms with E-state index in [9.17, 15) is 14.4 Å². The zero-order valence-corrected chi connectivity index (χ0v) is 13.8. The number of ether oxygens (including phenoxy) is 1. The Hall–Kier alpha value is -2.06. The van der Waals surface area contributed by atoms with Crippen LogP contribution in [0.2, 0.25) is 0 Å². The summed E-state index contributed by atoms with van der Waals surface area (Å²) in [7, 11) is 0. The predicted octanol–water partition coefficient (Wildman–Crippen LogP) is 0.827. The summed E-state index contributed by atoms with van der Waals surface area (Å²) in [6.45, 7) is 0.928. The van der Waals surface area contributed by atoms with Crippen LogP contribution in [-0.2, 0) is 19.1 Å². The molecule has 8 heteroatoms. The molecule has 1 N–H and O–H groups in total. The Labute approximate surface area is 143 Å². The third kappa shape index (κ3) is 3.70. The fourth-order valence-electron chi connectivity index (χ4n) is 2.83. The van der Waals surface area contributed by atoms with E-state index in [-0.39, 0.29) is 31.3 Å². The Balaban J connectivity index is 1.68. The number of carbonyl (C=O) groups is 3. The van der Waals surface area contributed by atoms with Crippen LogP contribution < -0.4 is 4.90 Å². The number of hydrogen-bond donors (Lipinski definition) is 1. The molecule has 2 aliphatic rings. The number of fused-ring (bicyclic) bond motifs is 1. The van der Waals surface area contributed by atoms with Crippen molar-refractivity contribution >= 4 is 35.2 Å². The number of aliphatic carboxylic acids is 1. The topological polar surface area (TPSA) is 87.2 Å². The number of amides is 2. The summed E-state index contributed by atoms with van der Waals surface area (Å²) in [5.41, 5.74) is 0.752. The molecule has 1 saturated heterocycles. The molecule has 0 spiro atoms. The molecule has 3 rings (SSSR count). The Bertz CT molecular complexity index is 666. The van der Waals surface area contributed by atoms with Crippen LogP contribution >= 0.6 is 11.8 Å². The van der Waals surface area contributed by atoms with E-state index in [0.29, 0.717) is 18.9 Å². The van der Waals surface area contributed by atoms with Crippen LogP contribution in [0.5, 0.6) is 0 Å². The number of benzene rings is 1. The number of anilines is 1. The molecule has 0 aliphatic carbocycles. The average Bonchev–Trinajstić information content (AvgIpc) is 2.57. The standard InChI is InChI=1S/C16H18N2O5S/c19-14(17-5-6-23-11(8-17)7-16(21)22)9-18-12-3-1-2-4-13(12)24-10-15(18)20/h1-4,11H,5-10H2,(H,21,22)/t11-/m0/s1. The number of rotatable bonds is 4. The molecule has 1 aromatic rings. The summed E-state index contributed by atoms with van der Waals surface area (Å²) in [6, 6.07) is 7.51. The summed E-state index contributed by atoms with van der Waals surface area (Å²) in [4.78, 5) is 39.7. The maximum absolute atomic E-state index is 12.6. The number of hydrogen-bond acceptors (Lipinski definition) is 5. The van der Waals surface area contributed by atoms with E-state index in [1.54, 1.807) is 4.90 Å². The van der Waals surface area contributed by atoms with Gasteiger partial charge in [0.1, 0.15) is 6.54 Å². The van der Waals surface area contributed by atoms with E-state index < -0.39 is 12.1 Å². The molecule has 1 atom stereocenters. The molecule has 2 heterocycles. The molecular formula is C16H18N2O5S. The highest BCUT2D eigenvalue weighted by molar-refractivity contribution is 8.00. The van der Waals surface area contributed by atoms with Gasteiger partial charge in [0.05, 0.1) is 30.6 Å². The molecule has 1 aromatic carbocycles. The van der Waals surface area contributed by atoms with E-state index in [1.807, 2.05) is 24.3 Å². The lowest BCUT2D eigenvalue weighted by Crippen LogP contribution is -2.51. The quantitative estimate of drug-likeness (QED) is 0.865. The van der Waals surface area contributed by atoms with Crippen molar-refractivity contribution in [3.63, 3.8) is 0 Å². The van der Waals surface area contributed by atoms with Gasteiger partial charge in [0.15, 0.2) is 0 Å². The molecule has 128 valence electrons. The molecule has 7 nitrogen and oxygen atoms in total. The van der Waals surface area contributed by atoms with Crippen molar-refractivity contribution in [3.8, 4) is 0 Å². The van der Waals surface area contributed by atoms with Crippen molar-refractivity contribution in [1.29, 1.82) is 0 Å². The first-order valence-corrected chi connectivity index (χ1v) is 8.66. The molecule has 0 bridgehead atoms. The summed E-state index contributed by atoms with van der Waals surface area (Å²) in [5.74, 6) is -0.924. The van der Waals surface area contributed by atoms with E-state index >= 15 is 0 Å². The van der Waals surface area contributed by atoms with Crippen LogP contribution in [0.15, 0.2) is 29.2 Å². The first-order valence-electron chi connectivity index (χ1n) is 7.68. The zero-order valence-electron chi connectivity index (χ0n) is 13.0. The van der Waals surface area contributed by atoms with Crippen molar-refractivity contribution in [3.05, 3.63) is 24.3 Å². The van der Waals surface area contributed by atoms with Crippen LogP contribution in [0.4, 0.5) is 5.69 Å². The number of thioether (sulfide) groups is 1. The lowest BCUT2D eigenvalue weighted by Gasteiger charge is -2.35. The van der Waals surface area contributed by atoms with E-state index in [1.165, 1.54) is 16.7 Å². The van der Waals surface area contributed by atoms with Gasteiger partial charge in [-0.3, -0.25) is 14.4 Å². The van der Waals surface area contributed by atoms with Gasteiger partial charge in [-0.25, -0.2) is 0 Å². The highest BCUT2D eigenvalue weighted by Crippen LogP contribution is 2.34. The highest BCUT2D eigenvalue weighted by atomic mass is 32.2. The van der Waals surface area contributed by atoms with Gasteiger partial charge in [-0.1, -0.05) is 12.1 Å². The minimum Gasteiger partial charge on any atom is -0.481 e. The molecule has 2 aliphatic heterocycles. The zero-order chi connectivity index (χ0) is 17.1. The molecule has 0 aromatic heterocycles. The minimum absolute atomic E-state index is 0.0315. The Morgan fingerprint density at radius 1 is 1.33 bits per heavy atom. The highest BCUT2D eigenvalue weighted by Gasteiger charge is 2.30. The molecule has 1 fully saturated rings. The van der Waals surface area contributed by atoms with Crippen molar-refractivity contribution in [2.24, 2.45) is 0 Å². The van der Waals surface area contributed by atoms with Crippen molar-refractivity contribution < 1.29 is 24.2 Å². The van der Waals surface area contributed by atoms with Gasteiger partial charge in [0, 0.05) is 18.0 Å². The van der Waals surface area contributed by atoms with Gasteiger partial charge in [0.25, 0.3) is 0 Å². The number of para-hydroxylation sites is 1. The van der Waals surface area contributed by atoms with Gasteiger partial charge in [0.2, 0.25) is 11.8 Å². The molecule has 0 saturated carbocycles. The first kappa shape index (κ1) is 16.8. The second-order valence-electron chi connectivity index (χ2n) is 5.67. The normalized spacial score (nSPS) is 20.7. The lowest BCUT2D eigenvalue weighted by molar-refractivity contribution is -0.147. The fraction of sp³-hybridized carbons (Fsp3) is 0.438. The molecule has 0 radical (unpaired) electrons. The molecular weight excluding hydrogens is 332 g/mol. The van der Waals surface area contributed by atoms with Crippen LogP contribution in [0.1, 0.15) is 6.42 Å². The van der Waals surface area contributed by atoms with Gasteiger partial charge in [-0.2, -0.15) is 0 Å². The number of carboxylic acids is 1. The van der Waals surface area contributed by atoms with Crippen LogP contribution in [0.3, 0.4) is 0 Å². The number of nitrogens with zero attached hydrogens (tertiary/aromatic N) is 2. The number of morpholine rings is 1. The summed E-state index contributed by atoms with van der Waals surface area (Å²) < 4.78 is 5.38. The minimum atomic E-state index is -0.952. The third-order valence-corrected chi connectivity index (χ3v) is 5.04. The molecule has 24 heavy (non-hydrogen) atoms. The summed E-state index contributed by atoms with van der Waals surface area (Å²) >= 11 is 1.47. The smallest absolute Gasteiger partial charge is 0.306 e. The molecule has 2 amide bonds. The summed E-state index contributed by atoms with van der Waals surface area (Å²) in [5, 5.41) is 8.86. The van der Waals surface area contributed by atoms with Crippen LogP contribution in [0, 0.1) is 0 Å². The second kappa shape index (κ2) is 7.23. The largest absolute Gasteiger partial charge is 0.481 e. The first-order chi connectivity index (χ1) is 11.5. The van der Waals surface area contributed by atoms with Gasteiger partial charge >= 0.3 is 5.97 Å². The Morgan fingerprint density at radius 2 is 2.12 bits per heavy atom. The van der Waals surface area contributed by atoms with E-state index in [4.69, 9.17) is 9.84 Å². The van der Waals surface area contributed by atoms with Crippen molar-refractivity contribution in [1.82, 2.24) is 4.90 Å². The number of carboxylic acid groups (broad SMARTS) is 1. The van der Waals surface area contributed by atoms with Crippen LogP contribution in [0.25, 0.3) is 0 Å². The Kier molecular flexibility index (Phi) is 5.06. The van der Waals surface area contributed by atoms with Gasteiger partial charge in [-0.05, 0) is 12.1 Å². The van der Waals surface area contributed by atoms with E-state index in [2.05, 4.69) is 0 Å². The second-order valence-corrected chi connectivity index (χ2v) is 6.68. The van der Waals surface area contributed by atoms with Crippen molar-refractivity contribution in [2.75, 3.05) is 36.9 Å². The molecule has 0 unspecified atom stereocenters. The van der Waals surface area contributed by atoms with Gasteiger partial charge < -0.3 is 19.6 Å². The third-order valence-electron chi connectivity index (χ3n) is 4.00. The van der Waals surface area contributed by atoms with Crippen LogP contribution in [-0.4, -0.2) is 65.9 Å². The average molecular weight is 350 g/mol. The number of carbonyl (C=O) groups excluding carboxylic acids is 2. The predicted molar refractivity (Wildman–Crippen MR) is 88.1 cm³/mol. The lowest BCUT2D eigenvalue weighted by atomic mass is 10.2. The maximum atomic E-state index is 12.6. The van der Waals surface area contributed by atoms with Crippen molar-refractivity contribution in [2.45, 2.75) is 17.4 Å². The van der Waals surface area contributed by atoms with E-state index in [0.717, 1.165) is 10.6 Å². The maximum Gasteiger partial charge on any atom is 0.306 e. The van der Waals surface area contributed by atoms with Gasteiger partial charge in [-0.15, -0.1) is 11.8 Å². The SMILES string of the molecule is O=C(O)C[C@H]1CN(C(=O)CN2C(=O)CSc3ccccc32)CCO1. The summed E-state index contributed by atoms with van der Waals surface area (Å²) in [6.07, 6.45) is -0.633. The Morgan fingerprint density at radius 3 is 2.92 bits per heavy atom.